The lowest BCUT2D eigenvalue weighted by atomic mass is 9.91. The van der Waals surface area contributed by atoms with E-state index in [9.17, 15) is 4.79 Å². The van der Waals surface area contributed by atoms with Crippen LogP contribution in [0.25, 0.3) is 16.9 Å². The number of nitrogens with zero attached hydrogens (tertiary/aromatic N) is 3. The maximum atomic E-state index is 12.4. The van der Waals surface area contributed by atoms with Crippen molar-refractivity contribution < 1.29 is 0 Å². The van der Waals surface area contributed by atoms with Crippen LogP contribution in [0.15, 0.2) is 53.6 Å². The molecule has 4 heteroatoms. The summed E-state index contributed by atoms with van der Waals surface area (Å²) in [7, 11) is 0. The number of hydrogen-bond acceptors (Lipinski definition) is 3. The lowest BCUT2D eigenvalue weighted by Crippen LogP contribution is -2.24. The molecule has 0 atom stereocenters. The van der Waals surface area contributed by atoms with Gasteiger partial charge in [0.05, 0.1) is 11.4 Å². The Bertz CT molecular complexity index is 910. The molecule has 0 bridgehead atoms. The second kappa shape index (κ2) is 4.91. The highest BCUT2D eigenvalue weighted by molar-refractivity contribution is 5.68. The van der Waals surface area contributed by atoms with Crippen molar-refractivity contribution in [2.45, 2.75) is 19.8 Å². The third-order valence-corrected chi connectivity index (χ3v) is 4.11. The van der Waals surface area contributed by atoms with Gasteiger partial charge in [-0.1, -0.05) is 17.7 Å². The molecule has 4 nitrogen and oxygen atoms in total. The van der Waals surface area contributed by atoms with Gasteiger partial charge in [0, 0.05) is 24.0 Å². The predicted octanol–water partition coefficient (Wildman–Crippen LogP) is 2.70. The van der Waals surface area contributed by atoms with Crippen LogP contribution in [0.2, 0.25) is 0 Å². The summed E-state index contributed by atoms with van der Waals surface area (Å²) in [5.41, 5.74) is 6.05. The zero-order valence-corrected chi connectivity index (χ0v) is 12.3. The van der Waals surface area contributed by atoms with Crippen LogP contribution in [-0.2, 0) is 12.8 Å². The predicted molar refractivity (Wildman–Crippen MR) is 85.2 cm³/mol. The molecule has 1 aliphatic rings. The Labute approximate surface area is 128 Å². The largest absolute Gasteiger partial charge is 0.271 e. The van der Waals surface area contributed by atoms with Gasteiger partial charge in [-0.2, -0.15) is 9.78 Å². The number of pyridine rings is 1. The Morgan fingerprint density at radius 2 is 1.82 bits per heavy atom. The van der Waals surface area contributed by atoms with E-state index in [1.807, 2.05) is 43.5 Å². The van der Waals surface area contributed by atoms with E-state index in [0.29, 0.717) is 0 Å². The molecule has 1 aromatic carbocycles. The Balaban J connectivity index is 1.94. The fourth-order valence-electron chi connectivity index (χ4n) is 2.91. The van der Waals surface area contributed by atoms with E-state index in [0.717, 1.165) is 40.9 Å². The van der Waals surface area contributed by atoms with Gasteiger partial charge in [-0.15, -0.1) is 0 Å². The quantitative estimate of drug-likeness (QED) is 0.692. The van der Waals surface area contributed by atoms with Gasteiger partial charge >= 0.3 is 0 Å². The first-order chi connectivity index (χ1) is 10.7. The van der Waals surface area contributed by atoms with Crippen LogP contribution in [-0.4, -0.2) is 14.8 Å². The fourth-order valence-corrected chi connectivity index (χ4v) is 2.91. The summed E-state index contributed by atoms with van der Waals surface area (Å²) >= 11 is 0. The van der Waals surface area contributed by atoms with Crippen molar-refractivity contribution in [2.24, 2.45) is 0 Å². The lowest BCUT2D eigenvalue weighted by Gasteiger charge is -2.19. The first kappa shape index (κ1) is 13.0. The molecule has 2 aromatic heterocycles. The molecule has 4 rings (SSSR count). The molecule has 2 heterocycles. The average Bonchev–Trinajstić information content (AvgIpc) is 2.55. The summed E-state index contributed by atoms with van der Waals surface area (Å²) in [6.07, 6.45) is 5.41. The molecular weight excluding hydrogens is 274 g/mol. The molecule has 0 N–H and O–H groups in total. The summed E-state index contributed by atoms with van der Waals surface area (Å²) in [5.74, 6) is 0. The van der Waals surface area contributed by atoms with Crippen molar-refractivity contribution in [2.75, 3.05) is 0 Å². The topological polar surface area (TPSA) is 47.8 Å². The molecule has 0 aliphatic heterocycles. The molecule has 0 saturated heterocycles. The van der Waals surface area contributed by atoms with Gasteiger partial charge < -0.3 is 0 Å². The highest BCUT2D eigenvalue weighted by Gasteiger charge is 2.19. The zero-order valence-electron chi connectivity index (χ0n) is 12.3. The van der Waals surface area contributed by atoms with Gasteiger partial charge in [-0.25, -0.2) is 0 Å². The van der Waals surface area contributed by atoms with Crippen LogP contribution < -0.4 is 5.56 Å². The van der Waals surface area contributed by atoms with Crippen molar-refractivity contribution >= 4 is 0 Å². The molecule has 1 aliphatic carbocycles. The van der Waals surface area contributed by atoms with Crippen LogP contribution >= 0.6 is 0 Å². The first-order valence-electron chi connectivity index (χ1n) is 7.36. The monoisotopic (exact) mass is 289 g/mol. The van der Waals surface area contributed by atoms with Crippen molar-refractivity contribution in [3.63, 3.8) is 0 Å². The highest BCUT2D eigenvalue weighted by atomic mass is 16.1. The first-order valence-corrected chi connectivity index (χ1v) is 7.36. The molecule has 0 radical (unpaired) electrons. The maximum Gasteiger partial charge on any atom is 0.271 e. The van der Waals surface area contributed by atoms with Gasteiger partial charge in [0.25, 0.3) is 5.56 Å². The maximum absolute atomic E-state index is 12.4. The number of aromatic nitrogens is 3. The molecule has 0 spiro atoms. The Hall–Kier alpha value is -2.75. The van der Waals surface area contributed by atoms with E-state index < -0.39 is 0 Å². The van der Waals surface area contributed by atoms with Crippen LogP contribution in [0.4, 0.5) is 0 Å². The van der Waals surface area contributed by atoms with Crippen LogP contribution in [0, 0.1) is 6.92 Å². The smallest absolute Gasteiger partial charge is 0.267 e. The Morgan fingerprint density at radius 3 is 2.64 bits per heavy atom. The summed E-state index contributed by atoms with van der Waals surface area (Å²) in [6.45, 7) is 2.02. The number of benzene rings is 1. The van der Waals surface area contributed by atoms with Gasteiger partial charge in [0.1, 0.15) is 0 Å². The van der Waals surface area contributed by atoms with Gasteiger partial charge in [0.15, 0.2) is 0 Å². The van der Waals surface area contributed by atoms with Gasteiger partial charge in [-0.3, -0.25) is 9.78 Å². The third-order valence-electron chi connectivity index (χ3n) is 4.11. The second-order valence-electron chi connectivity index (χ2n) is 5.64. The van der Waals surface area contributed by atoms with E-state index in [4.69, 9.17) is 0 Å². The zero-order chi connectivity index (χ0) is 15.1. The summed E-state index contributed by atoms with van der Waals surface area (Å²) in [4.78, 5) is 16.6. The number of aryl methyl sites for hydroxylation is 3. The normalized spacial score (nSPS) is 12.6. The molecule has 0 fully saturated rings. The molecule has 0 unspecified atom stereocenters. The summed E-state index contributed by atoms with van der Waals surface area (Å²) in [5, 5.41) is 4.63. The number of fused-ring (bicyclic) bond motifs is 3. The molecule has 3 aromatic rings. The molecule has 0 amide bonds. The average molecular weight is 289 g/mol. The number of rotatable bonds is 1. The van der Waals surface area contributed by atoms with E-state index in [1.54, 1.807) is 12.3 Å². The molecular formula is C18H15N3O. The minimum Gasteiger partial charge on any atom is -0.267 e. The standard InChI is InChI=1S/C18H15N3O/c1-12-2-6-15(7-3-12)21-17(22)10-13-4-5-14-11-19-9-8-16(14)18(13)20-21/h2-3,6-11H,4-5H2,1H3. The van der Waals surface area contributed by atoms with Crippen molar-refractivity contribution in [1.29, 1.82) is 0 Å². The molecule has 0 saturated carbocycles. The SMILES string of the molecule is Cc1ccc(-n2nc3c(cc2=O)CCc2cnccc2-3)cc1. The van der Waals surface area contributed by atoms with Crippen molar-refractivity contribution in [1.82, 2.24) is 14.8 Å². The van der Waals surface area contributed by atoms with E-state index in [-0.39, 0.29) is 5.56 Å². The van der Waals surface area contributed by atoms with E-state index >= 15 is 0 Å². The van der Waals surface area contributed by atoms with Crippen molar-refractivity contribution in [3.05, 3.63) is 75.8 Å². The van der Waals surface area contributed by atoms with Gasteiger partial charge in [-0.05, 0) is 49.1 Å². The Kier molecular flexibility index (Phi) is 2.89. The van der Waals surface area contributed by atoms with E-state index in [1.165, 1.54) is 10.2 Å². The number of hydrogen-bond donors (Lipinski definition) is 0. The van der Waals surface area contributed by atoms with Crippen LogP contribution in [0.5, 0.6) is 0 Å². The fraction of sp³-hybridized carbons (Fsp3) is 0.167. The van der Waals surface area contributed by atoms with Crippen LogP contribution in [0.3, 0.4) is 0 Å². The minimum absolute atomic E-state index is 0.0832. The summed E-state index contributed by atoms with van der Waals surface area (Å²) < 4.78 is 1.48. The molecule has 22 heavy (non-hydrogen) atoms. The van der Waals surface area contributed by atoms with Crippen molar-refractivity contribution in [3.8, 4) is 16.9 Å². The third kappa shape index (κ3) is 2.04. The second-order valence-corrected chi connectivity index (χ2v) is 5.64. The summed E-state index contributed by atoms with van der Waals surface area (Å²) in [6, 6.07) is 11.5. The van der Waals surface area contributed by atoms with Crippen LogP contribution in [0.1, 0.15) is 16.7 Å². The highest BCUT2D eigenvalue weighted by Crippen LogP contribution is 2.30. The van der Waals surface area contributed by atoms with Gasteiger partial charge in [0.2, 0.25) is 0 Å². The molecule has 108 valence electrons. The van der Waals surface area contributed by atoms with E-state index in [2.05, 4.69) is 10.1 Å². The Morgan fingerprint density at radius 1 is 1.05 bits per heavy atom. The lowest BCUT2D eigenvalue weighted by molar-refractivity contribution is 0.781. The minimum atomic E-state index is -0.0832.